The van der Waals surface area contributed by atoms with Crippen LogP contribution in [0.4, 0.5) is 0 Å². The number of para-hydroxylation sites is 2. The summed E-state index contributed by atoms with van der Waals surface area (Å²) < 4.78 is 17.2. The van der Waals surface area contributed by atoms with Gasteiger partial charge in [0.05, 0.1) is 12.6 Å². The van der Waals surface area contributed by atoms with Crippen molar-refractivity contribution in [2.24, 2.45) is 0 Å². The summed E-state index contributed by atoms with van der Waals surface area (Å²) in [4.78, 5) is 12.4. The van der Waals surface area contributed by atoms with E-state index < -0.39 is 0 Å². The van der Waals surface area contributed by atoms with E-state index >= 15 is 0 Å². The highest BCUT2D eigenvalue weighted by Crippen LogP contribution is 2.32. The lowest BCUT2D eigenvalue weighted by Crippen LogP contribution is -2.35. The van der Waals surface area contributed by atoms with Crippen molar-refractivity contribution >= 4 is 27.8 Å². The molecule has 1 amide bonds. The van der Waals surface area contributed by atoms with E-state index in [1.165, 1.54) is 0 Å². The van der Waals surface area contributed by atoms with E-state index in [2.05, 4.69) is 5.32 Å². The average molecular weight is 373 g/mol. The zero-order valence-electron chi connectivity index (χ0n) is 15.2. The van der Waals surface area contributed by atoms with Crippen LogP contribution in [0.2, 0.25) is 0 Å². The fraction of sp³-hybridized carbons (Fsp3) is 0.174. The average Bonchev–Trinajstić information content (AvgIpc) is 3.10. The molecule has 0 unspecified atom stereocenters. The molecule has 1 atom stereocenters. The predicted molar refractivity (Wildman–Crippen MR) is 107 cm³/mol. The second kappa shape index (κ2) is 6.93. The lowest BCUT2D eigenvalue weighted by atomic mass is 10.0. The normalized spacial score (nSPS) is 15.8. The molecular weight excluding hydrogens is 354 g/mol. The molecule has 0 fully saturated rings. The van der Waals surface area contributed by atoms with Crippen LogP contribution < -0.4 is 14.8 Å². The van der Waals surface area contributed by atoms with Crippen molar-refractivity contribution in [2.45, 2.75) is 12.5 Å². The van der Waals surface area contributed by atoms with Gasteiger partial charge >= 0.3 is 0 Å². The maximum atomic E-state index is 12.4. The Morgan fingerprint density at radius 3 is 2.79 bits per heavy atom. The second-order valence-electron chi connectivity index (χ2n) is 6.84. The Morgan fingerprint density at radius 1 is 1.00 bits per heavy atom. The molecule has 0 saturated carbocycles. The SMILES string of the molecule is O=C(COc1ccc2oc3ccccc3c2c1)N[C@H]1CCOc2ccccc21. The Hall–Kier alpha value is -3.47. The van der Waals surface area contributed by atoms with Crippen molar-refractivity contribution in [1.82, 2.24) is 5.32 Å². The molecule has 140 valence electrons. The highest BCUT2D eigenvalue weighted by atomic mass is 16.5. The molecule has 5 nitrogen and oxygen atoms in total. The summed E-state index contributed by atoms with van der Waals surface area (Å²) in [5.41, 5.74) is 2.65. The fourth-order valence-corrected chi connectivity index (χ4v) is 3.67. The molecule has 0 saturated heterocycles. The first-order valence-electron chi connectivity index (χ1n) is 9.33. The number of ether oxygens (including phenoxy) is 2. The Balaban J connectivity index is 1.29. The van der Waals surface area contributed by atoms with Gasteiger partial charge in [0.1, 0.15) is 22.7 Å². The number of rotatable bonds is 4. The van der Waals surface area contributed by atoms with Crippen LogP contribution in [0.5, 0.6) is 11.5 Å². The van der Waals surface area contributed by atoms with E-state index in [0.717, 1.165) is 39.7 Å². The van der Waals surface area contributed by atoms with Crippen molar-refractivity contribution in [3.8, 4) is 11.5 Å². The molecule has 1 aliphatic heterocycles. The van der Waals surface area contributed by atoms with Crippen LogP contribution >= 0.6 is 0 Å². The Kier molecular flexibility index (Phi) is 4.13. The van der Waals surface area contributed by atoms with Gasteiger partial charge in [0.25, 0.3) is 5.91 Å². The first kappa shape index (κ1) is 16.7. The van der Waals surface area contributed by atoms with Gasteiger partial charge in [0, 0.05) is 22.8 Å². The van der Waals surface area contributed by atoms with Crippen molar-refractivity contribution < 1.29 is 18.7 Å². The number of benzene rings is 3. The van der Waals surface area contributed by atoms with E-state index in [4.69, 9.17) is 13.9 Å². The molecule has 4 aromatic rings. The number of furan rings is 1. The summed E-state index contributed by atoms with van der Waals surface area (Å²) in [6.07, 6.45) is 0.746. The molecule has 0 aliphatic carbocycles. The minimum absolute atomic E-state index is 0.0409. The number of fused-ring (bicyclic) bond motifs is 4. The number of carbonyl (C=O) groups excluding carboxylic acids is 1. The molecule has 2 heterocycles. The standard InChI is InChI=1S/C23H19NO4/c25-23(24-19-11-12-26-20-7-3-2-6-17(19)20)14-27-15-9-10-22-18(13-15)16-5-1-4-8-21(16)28-22/h1-10,13,19H,11-12,14H2,(H,24,25)/t19-/m0/s1. The van der Waals surface area contributed by atoms with Gasteiger partial charge in [-0.1, -0.05) is 36.4 Å². The molecule has 1 N–H and O–H groups in total. The first-order valence-corrected chi connectivity index (χ1v) is 9.33. The summed E-state index contributed by atoms with van der Waals surface area (Å²) in [5.74, 6) is 1.32. The third-order valence-electron chi connectivity index (χ3n) is 5.01. The van der Waals surface area contributed by atoms with Gasteiger partial charge in [0.2, 0.25) is 0 Å². The number of hydrogen-bond acceptors (Lipinski definition) is 4. The van der Waals surface area contributed by atoms with Crippen LogP contribution in [0.25, 0.3) is 21.9 Å². The topological polar surface area (TPSA) is 60.7 Å². The van der Waals surface area contributed by atoms with Gasteiger partial charge in [-0.05, 0) is 30.3 Å². The quantitative estimate of drug-likeness (QED) is 0.568. The number of amides is 1. The van der Waals surface area contributed by atoms with Gasteiger partial charge in [0.15, 0.2) is 6.61 Å². The van der Waals surface area contributed by atoms with Crippen LogP contribution in [0.3, 0.4) is 0 Å². The third kappa shape index (κ3) is 3.05. The van der Waals surface area contributed by atoms with Crippen molar-refractivity contribution in [3.05, 3.63) is 72.3 Å². The minimum Gasteiger partial charge on any atom is -0.493 e. The molecule has 1 aromatic heterocycles. The maximum absolute atomic E-state index is 12.4. The van der Waals surface area contributed by atoms with Crippen LogP contribution in [-0.2, 0) is 4.79 Å². The summed E-state index contributed by atoms with van der Waals surface area (Å²) in [6.45, 7) is 0.549. The molecule has 3 aromatic carbocycles. The maximum Gasteiger partial charge on any atom is 0.258 e. The molecular formula is C23H19NO4. The molecule has 0 bridgehead atoms. The van der Waals surface area contributed by atoms with E-state index in [0.29, 0.717) is 12.4 Å². The Bertz CT molecular complexity index is 1160. The van der Waals surface area contributed by atoms with E-state index in [9.17, 15) is 4.79 Å². The highest BCUT2D eigenvalue weighted by Gasteiger charge is 2.22. The minimum atomic E-state index is -0.154. The zero-order valence-corrected chi connectivity index (χ0v) is 15.2. The van der Waals surface area contributed by atoms with E-state index in [1.54, 1.807) is 0 Å². The van der Waals surface area contributed by atoms with Gasteiger partial charge in [-0.15, -0.1) is 0 Å². The summed E-state index contributed by atoms with van der Waals surface area (Å²) in [5, 5.41) is 5.06. The smallest absolute Gasteiger partial charge is 0.258 e. The first-order chi connectivity index (χ1) is 13.8. The lowest BCUT2D eigenvalue weighted by molar-refractivity contribution is -0.124. The van der Waals surface area contributed by atoms with Crippen LogP contribution in [0, 0.1) is 0 Å². The molecule has 1 aliphatic rings. The predicted octanol–water partition coefficient (Wildman–Crippen LogP) is 4.60. The molecule has 0 radical (unpaired) electrons. The fourth-order valence-electron chi connectivity index (χ4n) is 3.67. The summed E-state index contributed by atoms with van der Waals surface area (Å²) in [6, 6.07) is 21.2. The highest BCUT2D eigenvalue weighted by molar-refractivity contribution is 6.05. The number of hydrogen-bond donors (Lipinski definition) is 1. The summed E-state index contributed by atoms with van der Waals surface area (Å²) >= 11 is 0. The number of nitrogens with one attached hydrogen (secondary N) is 1. The molecule has 0 spiro atoms. The molecule has 5 rings (SSSR count). The van der Waals surface area contributed by atoms with Crippen molar-refractivity contribution in [3.63, 3.8) is 0 Å². The zero-order chi connectivity index (χ0) is 18.9. The van der Waals surface area contributed by atoms with Crippen molar-refractivity contribution in [1.29, 1.82) is 0 Å². The van der Waals surface area contributed by atoms with Gasteiger partial charge < -0.3 is 19.2 Å². The van der Waals surface area contributed by atoms with Crippen LogP contribution in [-0.4, -0.2) is 19.1 Å². The van der Waals surface area contributed by atoms with Crippen LogP contribution in [0.1, 0.15) is 18.0 Å². The summed E-state index contributed by atoms with van der Waals surface area (Å²) in [7, 11) is 0. The van der Waals surface area contributed by atoms with E-state index in [-0.39, 0.29) is 18.6 Å². The van der Waals surface area contributed by atoms with Gasteiger partial charge in [-0.2, -0.15) is 0 Å². The Labute approximate surface area is 161 Å². The lowest BCUT2D eigenvalue weighted by Gasteiger charge is -2.26. The Morgan fingerprint density at radius 2 is 1.82 bits per heavy atom. The van der Waals surface area contributed by atoms with E-state index in [1.807, 2.05) is 66.7 Å². The monoisotopic (exact) mass is 373 g/mol. The number of carbonyl (C=O) groups is 1. The van der Waals surface area contributed by atoms with Crippen molar-refractivity contribution in [2.75, 3.05) is 13.2 Å². The largest absolute Gasteiger partial charge is 0.493 e. The second-order valence-corrected chi connectivity index (χ2v) is 6.84. The van der Waals surface area contributed by atoms with Gasteiger partial charge in [-0.25, -0.2) is 0 Å². The molecule has 5 heteroatoms. The third-order valence-corrected chi connectivity index (χ3v) is 5.01. The van der Waals surface area contributed by atoms with Gasteiger partial charge in [-0.3, -0.25) is 4.79 Å². The van der Waals surface area contributed by atoms with Crippen LogP contribution in [0.15, 0.2) is 71.1 Å². The molecule has 28 heavy (non-hydrogen) atoms.